The molecule has 3 aromatic heterocycles. The lowest BCUT2D eigenvalue weighted by Crippen LogP contribution is -2.24. The molecule has 184 valence electrons. The van der Waals surface area contributed by atoms with Crippen molar-refractivity contribution in [3.63, 3.8) is 0 Å². The lowest BCUT2D eigenvalue weighted by molar-refractivity contribution is 0.497. The van der Waals surface area contributed by atoms with Gasteiger partial charge in [-0.15, -0.1) is 0 Å². The summed E-state index contributed by atoms with van der Waals surface area (Å²) in [7, 11) is 0. The largest absolute Gasteiger partial charge is 0.455 e. The molecule has 0 N–H and O–H groups in total. The molecular formula is C32H30N4O. The molecule has 0 radical (unpaired) electrons. The van der Waals surface area contributed by atoms with Gasteiger partial charge in [0.2, 0.25) is 0 Å². The standard InChI is InChI=1S/C32H30N4O/c1-31(2,3)29-34-28(35-30(36-29)32(4,5)6)24-16-10-14-22-21-13-9-15-23(26(21)37-27(22)24)25-17-19-11-7-8-12-20(19)18-33-25/h7-18H,1-6H3. The Morgan fingerprint density at radius 3 is 1.78 bits per heavy atom. The van der Waals surface area contributed by atoms with E-state index in [1.807, 2.05) is 30.5 Å². The number of benzene rings is 3. The lowest BCUT2D eigenvalue weighted by Gasteiger charge is -2.22. The second-order valence-electron chi connectivity index (χ2n) is 11.7. The predicted molar refractivity (Wildman–Crippen MR) is 151 cm³/mol. The third-order valence-electron chi connectivity index (χ3n) is 6.65. The highest BCUT2D eigenvalue weighted by atomic mass is 16.3. The van der Waals surface area contributed by atoms with Crippen LogP contribution in [0.2, 0.25) is 0 Å². The summed E-state index contributed by atoms with van der Waals surface area (Å²) < 4.78 is 6.65. The van der Waals surface area contributed by atoms with Gasteiger partial charge in [0.25, 0.3) is 0 Å². The van der Waals surface area contributed by atoms with Crippen LogP contribution in [0.15, 0.2) is 77.3 Å². The number of aromatic nitrogens is 4. The SMILES string of the molecule is CC(C)(C)c1nc(-c2cccc3c2oc2c(-c4cc5ccccc5cn4)cccc23)nc(C(C)(C)C)n1. The molecule has 37 heavy (non-hydrogen) atoms. The molecule has 0 fully saturated rings. The molecular weight excluding hydrogens is 456 g/mol. The van der Waals surface area contributed by atoms with Crippen molar-refractivity contribution in [3.8, 4) is 22.6 Å². The summed E-state index contributed by atoms with van der Waals surface area (Å²) in [5.41, 5.74) is 3.87. The molecule has 0 aliphatic rings. The molecule has 5 nitrogen and oxygen atoms in total. The van der Waals surface area contributed by atoms with Crippen molar-refractivity contribution in [2.24, 2.45) is 0 Å². The first kappa shape index (κ1) is 23.3. The van der Waals surface area contributed by atoms with Crippen LogP contribution < -0.4 is 0 Å². The number of rotatable bonds is 2. The zero-order chi connectivity index (χ0) is 25.9. The van der Waals surface area contributed by atoms with E-state index >= 15 is 0 Å². The number of hydrogen-bond donors (Lipinski definition) is 0. The number of fused-ring (bicyclic) bond motifs is 4. The molecule has 0 spiro atoms. The Morgan fingerprint density at radius 2 is 1.16 bits per heavy atom. The third-order valence-corrected chi connectivity index (χ3v) is 6.65. The Hall–Kier alpha value is -4.12. The first-order valence-corrected chi connectivity index (χ1v) is 12.7. The summed E-state index contributed by atoms with van der Waals surface area (Å²) in [4.78, 5) is 19.5. The van der Waals surface area contributed by atoms with Crippen LogP contribution in [0.1, 0.15) is 53.2 Å². The van der Waals surface area contributed by atoms with Gasteiger partial charge >= 0.3 is 0 Å². The summed E-state index contributed by atoms with van der Waals surface area (Å²) in [5.74, 6) is 2.19. The minimum absolute atomic E-state index is 0.214. The minimum atomic E-state index is -0.214. The van der Waals surface area contributed by atoms with E-state index in [1.165, 1.54) is 0 Å². The maximum Gasteiger partial charge on any atom is 0.167 e. The Kier molecular flexibility index (Phi) is 5.16. The third kappa shape index (κ3) is 4.05. The Bertz CT molecular complexity index is 1770. The molecule has 0 amide bonds. The average molecular weight is 487 g/mol. The molecule has 6 aromatic rings. The van der Waals surface area contributed by atoms with E-state index in [0.717, 1.165) is 61.2 Å². The van der Waals surface area contributed by atoms with E-state index in [2.05, 4.69) is 84.0 Å². The van der Waals surface area contributed by atoms with E-state index in [9.17, 15) is 0 Å². The topological polar surface area (TPSA) is 64.7 Å². The van der Waals surface area contributed by atoms with Crippen LogP contribution in [0.25, 0.3) is 55.4 Å². The molecule has 5 heteroatoms. The highest BCUT2D eigenvalue weighted by Crippen LogP contribution is 2.39. The van der Waals surface area contributed by atoms with E-state index in [1.54, 1.807) is 0 Å². The van der Waals surface area contributed by atoms with Crippen LogP contribution in [0, 0.1) is 0 Å². The average Bonchev–Trinajstić information content (AvgIpc) is 3.26. The predicted octanol–water partition coefficient (Wildman–Crippen LogP) is 8.25. The Labute approximate surface area is 216 Å². The van der Waals surface area contributed by atoms with E-state index in [0.29, 0.717) is 5.82 Å². The van der Waals surface area contributed by atoms with Gasteiger partial charge in [0, 0.05) is 38.7 Å². The normalized spacial score (nSPS) is 12.6. The molecule has 0 aliphatic carbocycles. The summed E-state index contributed by atoms with van der Waals surface area (Å²) in [6.45, 7) is 12.8. The first-order chi connectivity index (χ1) is 17.6. The van der Waals surface area contributed by atoms with Crippen LogP contribution in [-0.4, -0.2) is 19.9 Å². The van der Waals surface area contributed by atoms with E-state index in [-0.39, 0.29) is 10.8 Å². The monoisotopic (exact) mass is 486 g/mol. The highest BCUT2D eigenvalue weighted by molar-refractivity contribution is 6.12. The minimum Gasteiger partial charge on any atom is -0.455 e. The second kappa shape index (κ2) is 8.20. The van der Waals surface area contributed by atoms with Gasteiger partial charge in [-0.3, -0.25) is 4.98 Å². The smallest absolute Gasteiger partial charge is 0.167 e. The molecule has 6 rings (SSSR count). The molecule has 3 aromatic carbocycles. The quantitative estimate of drug-likeness (QED) is 0.246. The van der Waals surface area contributed by atoms with E-state index < -0.39 is 0 Å². The van der Waals surface area contributed by atoms with Crippen molar-refractivity contribution in [1.82, 2.24) is 19.9 Å². The zero-order valence-corrected chi connectivity index (χ0v) is 22.1. The van der Waals surface area contributed by atoms with Crippen LogP contribution in [0.4, 0.5) is 0 Å². The maximum atomic E-state index is 6.65. The second-order valence-corrected chi connectivity index (χ2v) is 11.7. The lowest BCUT2D eigenvalue weighted by atomic mass is 9.93. The maximum absolute atomic E-state index is 6.65. The Morgan fingerprint density at radius 1 is 0.595 bits per heavy atom. The van der Waals surface area contributed by atoms with Gasteiger partial charge in [0.15, 0.2) is 5.82 Å². The van der Waals surface area contributed by atoms with Crippen molar-refractivity contribution in [1.29, 1.82) is 0 Å². The van der Waals surface area contributed by atoms with Gasteiger partial charge in [0.05, 0.1) is 11.3 Å². The van der Waals surface area contributed by atoms with Crippen molar-refractivity contribution in [2.75, 3.05) is 0 Å². The van der Waals surface area contributed by atoms with Crippen molar-refractivity contribution >= 4 is 32.7 Å². The van der Waals surface area contributed by atoms with Crippen LogP contribution in [0.3, 0.4) is 0 Å². The van der Waals surface area contributed by atoms with Crippen LogP contribution in [-0.2, 0) is 10.8 Å². The summed E-state index contributed by atoms with van der Waals surface area (Å²) in [5, 5.41) is 4.34. The molecule has 0 atom stereocenters. The van der Waals surface area contributed by atoms with Gasteiger partial charge in [-0.05, 0) is 23.6 Å². The molecule has 0 saturated carbocycles. The fourth-order valence-corrected chi connectivity index (χ4v) is 4.60. The fourth-order valence-electron chi connectivity index (χ4n) is 4.60. The van der Waals surface area contributed by atoms with Crippen LogP contribution >= 0.6 is 0 Å². The number of hydrogen-bond acceptors (Lipinski definition) is 5. The van der Waals surface area contributed by atoms with Gasteiger partial charge < -0.3 is 4.42 Å². The van der Waals surface area contributed by atoms with Gasteiger partial charge in [-0.1, -0.05) is 90.1 Å². The molecule has 0 bridgehead atoms. The van der Waals surface area contributed by atoms with Gasteiger partial charge in [0.1, 0.15) is 22.8 Å². The summed E-state index contributed by atoms with van der Waals surface area (Å²) >= 11 is 0. The van der Waals surface area contributed by atoms with Crippen molar-refractivity contribution in [3.05, 3.63) is 84.6 Å². The fraction of sp³-hybridized carbons (Fsp3) is 0.250. The number of nitrogens with zero attached hydrogens (tertiary/aromatic N) is 4. The molecule has 0 unspecified atom stereocenters. The number of furan rings is 1. The molecule has 3 heterocycles. The van der Waals surface area contributed by atoms with Crippen molar-refractivity contribution in [2.45, 2.75) is 52.4 Å². The van der Waals surface area contributed by atoms with E-state index in [4.69, 9.17) is 24.4 Å². The Balaban J connectivity index is 1.60. The van der Waals surface area contributed by atoms with Gasteiger partial charge in [-0.2, -0.15) is 0 Å². The highest BCUT2D eigenvalue weighted by Gasteiger charge is 2.26. The molecule has 0 saturated heterocycles. The molecule has 0 aliphatic heterocycles. The van der Waals surface area contributed by atoms with Crippen molar-refractivity contribution < 1.29 is 4.42 Å². The number of para-hydroxylation sites is 2. The zero-order valence-electron chi connectivity index (χ0n) is 22.1. The van der Waals surface area contributed by atoms with Crippen LogP contribution in [0.5, 0.6) is 0 Å². The first-order valence-electron chi connectivity index (χ1n) is 12.7. The summed E-state index contributed by atoms with van der Waals surface area (Å²) in [6, 6.07) is 22.8. The number of pyridine rings is 1. The van der Waals surface area contributed by atoms with Gasteiger partial charge in [-0.25, -0.2) is 15.0 Å². The summed E-state index contributed by atoms with van der Waals surface area (Å²) in [6.07, 6.45) is 1.92.